The Hall–Kier alpha value is -0.350. The van der Waals surface area contributed by atoms with Crippen molar-refractivity contribution >= 4 is 15.9 Å². The molecule has 0 saturated heterocycles. The maximum Gasteiger partial charge on any atom is 0.0635 e. The highest BCUT2D eigenvalue weighted by Crippen LogP contribution is 2.39. The van der Waals surface area contributed by atoms with Crippen molar-refractivity contribution in [3.63, 3.8) is 0 Å². The molecule has 1 fully saturated rings. The molecule has 0 aromatic carbocycles. The molecule has 0 spiro atoms. The molecule has 1 heterocycles. The van der Waals surface area contributed by atoms with Crippen LogP contribution in [0.15, 0.2) is 10.7 Å². The molecule has 2 unspecified atom stereocenters. The summed E-state index contributed by atoms with van der Waals surface area (Å²) in [4.78, 5) is 0. The first-order chi connectivity index (χ1) is 10.1. The largest absolute Gasteiger partial charge is 0.314 e. The fourth-order valence-corrected chi connectivity index (χ4v) is 4.10. The van der Waals surface area contributed by atoms with Crippen molar-refractivity contribution in [1.29, 1.82) is 0 Å². The van der Waals surface area contributed by atoms with Gasteiger partial charge in [-0.05, 0) is 47.7 Å². The predicted octanol–water partition coefficient (Wildman–Crippen LogP) is 4.72. The van der Waals surface area contributed by atoms with Crippen LogP contribution in [0.2, 0.25) is 0 Å². The van der Waals surface area contributed by atoms with E-state index in [2.05, 4.69) is 51.8 Å². The van der Waals surface area contributed by atoms with E-state index in [1.54, 1.807) is 0 Å². The summed E-state index contributed by atoms with van der Waals surface area (Å²) < 4.78 is 3.44. The van der Waals surface area contributed by atoms with Gasteiger partial charge in [0.15, 0.2) is 0 Å². The van der Waals surface area contributed by atoms with Gasteiger partial charge in [0, 0.05) is 18.5 Å². The van der Waals surface area contributed by atoms with E-state index in [1.807, 2.05) is 6.20 Å². The highest BCUT2D eigenvalue weighted by atomic mass is 79.9. The lowest BCUT2D eigenvalue weighted by Crippen LogP contribution is -2.32. The summed E-state index contributed by atoms with van der Waals surface area (Å²) >= 11 is 3.75. The molecule has 1 aliphatic rings. The highest BCUT2D eigenvalue weighted by Gasteiger charge is 2.29. The molecule has 3 nitrogen and oxygen atoms in total. The number of aryl methyl sites for hydroxylation is 1. The molecular weight excluding hydrogens is 326 g/mol. The van der Waals surface area contributed by atoms with E-state index in [9.17, 15) is 0 Å². The van der Waals surface area contributed by atoms with E-state index in [0.717, 1.165) is 25.4 Å². The van der Waals surface area contributed by atoms with Crippen LogP contribution in [0.5, 0.6) is 0 Å². The number of nitrogens with one attached hydrogen (secondary N) is 1. The van der Waals surface area contributed by atoms with Gasteiger partial charge < -0.3 is 5.32 Å². The number of rotatable bonds is 6. The second-order valence-electron chi connectivity index (χ2n) is 6.67. The Balaban J connectivity index is 2.21. The fourth-order valence-electron chi connectivity index (χ4n) is 3.51. The van der Waals surface area contributed by atoms with Gasteiger partial charge in [-0.15, -0.1) is 0 Å². The number of hydrogen-bond donors (Lipinski definition) is 1. The smallest absolute Gasteiger partial charge is 0.0635 e. The summed E-state index contributed by atoms with van der Waals surface area (Å²) in [6.45, 7) is 8.87. The van der Waals surface area contributed by atoms with Crippen LogP contribution in [0.25, 0.3) is 0 Å². The van der Waals surface area contributed by atoms with Gasteiger partial charge in [-0.2, -0.15) is 5.10 Å². The molecule has 0 amide bonds. The molecule has 1 saturated carbocycles. The molecule has 0 radical (unpaired) electrons. The van der Waals surface area contributed by atoms with Crippen LogP contribution in [-0.2, 0) is 6.54 Å². The lowest BCUT2D eigenvalue weighted by atomic mass is 9.85. The summed E-state index contributed by atoms with van der Waals surface area (Å²) in [5, 5.41) is 8.25. The molecule has 1 aromatic rings. The predicted molar refractivity (Wildman–Crippen MR) is 92.7 cm³/mol. The lowest BCUT2D eigenvalue weighted by molar-refractivity contribution is 0.345. The Morgan fingerprint density at radius 1 is 1.33 bits per heavy atom. The third-order valence-electron chi connectivity index (χ3n) is 4.57. The fraction of sp³-hybridized carbons (Fsp3) is 0.824. The number of aromatic nitrogens is 2. The molecule has 1 aromatic heterocycles. The molecule has 1 aliphatic carbocycles. The molecule has 2 atom stereocenters. The van der Waals surface area contributed by atoms with Crippen LogP contribution in [0, 0.1) is 5.92 Å². The van der Waals surface area contributed by atoms with Crippen molar-refractivity contribution in [2.24, 2.45) is 5.92 Å². The van der Waals surface area contributed by atoms with E-state index in [-0.39, 0.29) is 0 Å². The SMILES string of the molecule is CCCn1ncc(Br)c1C1CCCCCC1CNC(C)C. The number of hydrogen-bond acceptors (Lipinski definition) is 2. The first-order valence-corrected chi connectivity index (χ1v) is 9.37. The van der Waals surface area contributed by atoms with Crippen molar-refractivity contribution in [1.82, 2.24) is 15.1 Å². The Bertz CT molecular complexity index is 428. The van der Waals surface area contributed by atoms with Crippen molar-refractivity contribution in [3.05, 3.63) is 16.4 Å². The van der Waals surface area contributed by atoms with E-state index in [1.165, 1.54) is 42.3 Å². The molecule has 0 aliphatic heterocycles. The molecular formula is C17H30BrN3. The first-order valence-electron chi connectivity index (χ1n) is 8.58. The summed E-state index contributed by atoms with van der Waals surface area (Å²) in [6, 6.07) is 0.567. The monoisotopic (exact) mass is 355 g/mol. The summed E-state index contributed by atoms with van der Waals surface area (Å²) in [7, 11) is 0. The second-order valence-corrected chi connectivity index (χ2v) is 7.52. The topological polar surface area (TPSA) is 29.9 Å². The minimum Gasteiger partial charge on any atom is -0.314 e. The maximum absolute atomic E-state index is 4.59. The van der Waals surface area contributed by atoms with E-state index in [4.69, 9.17) is 0 Å². The maximum atomic E-state index is 4.59. The van der Waals surface area contributed by atoms with Crippen LogP contribution in [0.4, 0.5) is 0 Å². The zero-order valence-corrected chi connectivity index (χ0v) is 15.3. The molecule has 2 rings (SSSR count). The molecule has 21 heavy (non-hydrogen) atoms. The zero-order chi connectivity index (χ0) is 15.2. The van der Waals surface area contributed by atoms with Crippen molar-refractivity contribution in [3.8, 4) is 0 Å². The van der Waals surface area contributed by atoms with Gasteiger partial charge in [-0.1, -0.05) is 40.0 Å². The Morgan fingerprint density at radius 3 is 2.81 bits per heavy atom. The Morgan fingerprint density at radius 2 is 2.10 bits per heavy atom. The number of nitrogens with zero attached hydrogens (tertiary/aromatic N) is 2. The van der Waals surface area contributed by atoms with Gasteiger partial charge >= 0.3 is 0 Å². The Kier molecular flexibility index (Phi) is 6.74. The normalized spacial score (nSPS) is 23.5. The highest BCUT2D eigenvalue weighted by molar-refractivity contribution is 9.10. The zero-order valence-electron chi connectivity index (χ0n) is 13.7. The average molecular weight is 356 g/mol. The van der Waals surface area contributed by atoms with E-state index in [0.29, 0.717) is 12.0 Å². The summed E-state index contributed by atoms with van der Waals surface area (Å²) in [5.41, 5.74) is 1.44. The third kappa shape index (κ3) is 4.56. The quantitative estimate of drug-likeness (QED) is 0.748. The summed E-state index contributed by atoms with van der Waals surface area (Å²) in [5.74, 6) is 1.38. The van der Waals surface area contributed by atoms with Gasteiger partial charge in [0.25, 0.3) is 0 Å². The lowest BCUT2D eigenvalue weighted by Gasteiger charge is -2.27. The van der Waals surface area contributed by atoms with Crippen molar-refractivity contribution in [2.75, 3.05) is 6.54 Å². The van der Waals surface area contributed by atoms with Gasteiger partial charge in [-0.3, -0.25) is 4.68 Å². The van der Waals surface area contributed by atoms with Crippen LogP contribution in [0.1, 0.15) is 70.9 Å². The van der Waals surface area contributed by atoms with Crippen LogP contribution >= 0.6 is 15.9 Å². The first kappa shape index (κ1) is 17.0. The van der Waals surface area contributed by atoms with Crippen LogP contribution < -0.4 is 5.32 Å². The van der Waals surface area contributed by atoms with Crippen LogP contribution in [0.3, 0.4) is 0 Å². The van der Waals surface area contributed by atoms with Gasteiger partial charge in [0.05, 0.1) is 16.4 Å². The van der Waals surface area contributed by atoms with E-state index < -0.39 is 0 Å². The summed E-state index contributed by atoms with van der Waals surface area (Å²) in [6.07, 6.45) is 9.89. The molecule has 1 N–H and O–H groups in total. The van der Waals surface area contributed by atoms with Crippen molar-refractivity contribution < 1.29 is 0 Å². The number of halogens is 1. The minimum atomic E-state index is 0.567. The molecule has 0 bridgehead atoms. The molecule has 120 valence electrons. The second kappa shape index (κ2) is 8.33. The average Bonchev–Trinajstić information content (AvgIpc) is 2.67. The van der Waals surface area contributed by atoms with Gasteiger partial charge in [0.2, 0.25) is 0 Å². The molecule has 4 heteroatoms. The third-order valence-corrected chi connectivity index (χ3v) is 5.18. The minimum absolute atomic E-state index is 0.567. The van der Waals surface area contributed by atoms with E-state index >= 15 is 0 Å². The van der Waals surface area contributed by atoms with Gasteiger partial charge in [0.1, 0.15) is 0 Å². The van der Waals surface area contributed by atoms with Gasteiger partial charge in [-0.25, -0.2) is 0 Å². The van der Waals surface area contributed by atoms with Crippen LogP contribution in [-0.4, -0.2) is 22.4 Å². The standard InChI is InChI=1S/C17H30BrN3/c1-4-10-21-17(16(18)12-20-21)15-9-7-5-6-8-14(15)11-19-13(2)3/h12-15,19H,4-11H2,1-3H3. The van der Waals surface area contributed by atoms with Crippen molar-refractivity contribution in [2.45, 2.75) is 77.8 Å². The Labute approximate surface area is 138 Å².